The van der Waals surface area contributed by atoms with Crippen LogP contribution in [0.25, 0.3) is 0 Å². The molecule has 18 heavy (non-hydrogen) atoms. The third-order valence-corrected chi connectivity index (χ3v) is 2.45. The first-order chi connectivity index (χ1) is 8.58. The molecule has 0 N–H and O–H groups in total. The fraction of sp³-hybridized carbons (Fsp3) is 0.692. The van der Waals surface area contributed by atoms with Gasteiger partial charge >= 0.3 is 0 Å². The van der Waals surface area contributed by atoms with Gasteiger partial charge in [-0.2, -0.15) is 5.10 Å². The number of hydrogen-bond donors (Lipinski definition) is 0. The number of hydrogen-bond acceptors (Lipinski definition) is 4. The minimum atomic E-state index is -0.774. The lowest BCUT2D eigenvalue weighted by Crippen LogP contribution is -2.29. The molecular formula is C13H22N2O3. The summed E-state index contributed by atoms with van der Waals surface area (Å²) in [5.74, 6) is -0.0901. The second-order valence-electron chi connectivity index (χ2n) is 4.27. The SMILES string of the molecule is CCOC(OCC)C(=O)Cc1ccn(C(C)C)n1. The molecule has 0 saturated heterocycles. The maximum Gasteiger partial charge on any atom is 0.218 e. The molecule has 1 heterocycles. The Balaban J connectivity index is 2.60. The Morgan fingerprint density at radius 1 is 1.33 bits per heavy atom. The summed E-state index contributed by atoms with van der Waals surface area (Å²) < 4.78 is 12.4. The van der Waals surface area contributed by atoms with Crippen molar-refractivity contribution in [3.8, 4) is 0 Å². The highest BCUT2D eigenvalue weighted by Crippen LogP contribution is 2.07. The van der Waals surface area contributed by atoms with E-state index in [2.05, 4.69) is 5.10 Å². The number of nitrogens with zero attached hydrogens (tertiary/aromatic N) is 2. The fourth-order valence-corrected chi connectivity index (χ4v) is 1.56. The van der Waals surface area contributed by atoms with Crippen LogP contribution in [0.4, 0.5) is 0 Å². The molecule has 0 amide bonds. The molecule has 0 aliphatic carbocycles. The average molecular weight is 254 g/mol. The molecule has 1 aromatic rings. The van der Waals surface area contributed by atoms with E-state index in [0.717, 1.165) is 5.69 Å². The molecule has 1 aromatic heterocycles. The van der Waals surface area contributed by atoms with Gasteiger partial charge in [-0.25, -0.2) is 0 Å². The molecule has 5 nitrogen and oxygen atoms in total. The molecule has 0 aromatic carbocycles. The molecule has 0 aliphatic rings. The lowest BCUT2D eigenvalue weighted by Gasteiger charge is -2.14. The van der Waals surface area contributed by atoms with Crippen LogP contribution in [0, 0.1) is 0 Å². The maximum absolute atomic E-state index is 12.0. The molecule has 0 aliphatic heterocycles. The molecular weight excluding hydrogens is 232 g/mol. The van der Waals surface area contributed by atoms with Gasteiger partial charge in [-0.15, -0.1) is 0 Å². The van der Waals surface area contributed by atoms with E-state index in [1.54, 1.807) is 0 Å². The Bertz CT molecular complexity index is 368. The van der Waals surface area contributed by atoms with Crippen LogP contribution in [0.3, 0.4) is 0 Å². The number of aromatic nitrogens is 2. The fourth-order valence-electron chi connectivity index (χ4n) is 1.56. The van der Waals surface area contributed by atoms with Gasteiger partial charge in [-0.1, -0.05) is 0 Å². The Kier molecular flexibility index (Phi) is 6.01. The van der Waals surface area contributed by atoms with Crippen molar-refractivity contribution in [3.63, 3.8) is 0 Å². The van der Waals surface area contributed by atoms with Crippen molar-refractivity contribution in [1.29, 1.82) is 0 Å². The molecule has 102 valence electrons. The second-order valence-corrected chi connectivity index (χ2v) is 4.27. The normalized spacial score (nSPS) is 11.4. The van der Waals surface area contributed by atoms with Crippen molar-refractivity contribution in [2.45, 2.75) is 46.4 Å². The molecule has 0 fully saturated rings. The van der Waals surface area contributed by atoms with Crippen LogP contribution < -0.4 is 0 Å². The van der Waals surface area contributed by atoms with Crippen LogP contribution in [0.2, 0.25) is 0 Å². The van der Waals surface area contributed by atoms with Gasteiger partial charge < -0.3 is 9.47 Å². The first kappa shape index (κ1) is 14.9. The van der Waals surface area contributed by atoms with E-state index >= 15 is 0 Å². The van der Waals surface area contributed by atoms with Gasteiger partial charge in [0.1, 0.15) is 0 Å². The van der Waals surface area contributed by atoms with Crippen LogP contribution in [0.15, 0.2) is 12.3 Å². The third kappa shape index (κ3) is 4.23. The Morgan fingerprint density at radius 2 is 1.94 bits per heavy atom. The van der Waals surface area contributed by atoms with Crippen LogP contribution in [0.5, 0.6) is 0 Å². The summed E-state index contributed by atoms with van der Waals surface area (Å²) in [5, 5.41) is 4.34. The number of ketones is 1. The number of ether oxygens (including phenoxy) is 2. The number of carbonyl (C=O) groups is 1. The highest BCUT2D eigenvalue weighted by Gasteiger charge is 2.20. The quantitative estimate of drug-likeness (QED) is 0.666. The van der Waals surface area contributed by atoms with Crippen molar-refractivity contribution < 1.29 is 14.3 Å². The molecule has 0 bridgehead atoms. The van der Waals surface area contributed by atoms with E-state index in [0.29, 0.717) is 19.3 Å². The summed E-state index contributed by atoms with van der Waals surface area (Å²) in [6, 6.07) is 2.15. The first-order valence-electron chi connectivity index (χ1n) is 6.38. The monoisotopic (exact) mass is 254 g/mol. The summed E-state index contributed by atoms with van der Waals surface area (Å²) in [6.07, 6.45) is 1.35. The number of carbonyl (C=O) groups excluding carboxylic acids is 1. The highest BCUT2D eigenvalue weighted by molar-refractivity contribution is 5.83. The van der Waals surface area contributed by atoms with Gasteiger partial charge in [0.15, 0.2) is 5.78 Å². The van der Waals surface area contributed by atoms with Crippen LogP contribution in [-0.2, 0) is 20.7 Å². The first-order valence-corrected chi connectivity index (χ1v) is 6.38. The largest absolute Gasteiger partial charge is 0.346 e. The summed E-state index contributed by atoms with van der Waals surface area (Å²) >= 11 is 0. The molecule has 0 atom stereocenters. The number of rotatable bonds is 8. The van der Waals surface area contributed by atoms with E-state index in [-0.39, 0.29) is 12.2 Å². The summed E-state index contributed by atoms with van der Waals surface area (Å²) in [7, 11) is 0. The van der Waals surface area contributed by atoms with Gasteiger partial charge in [0.05, 0.1) is 12.1 Å². The lowest BCUT2D eigenvalue weighted by atomic mass is 10.2. The highest BCUT2D eigenvalue weighted by atomic mass is 16.7. The summed E-state index contributed by atoms with van der Waals surface area (Å²) in [6.45, 7) is 8.68. The number of Topliss-reactive ketones (excluding diaryl/α,β-unsaturated/α-hetero) is 1. The summed E-state index contributed by atoms with van der Waals surface area (Å²) in [5.41, 5.74) is 0.748. The van der Waals surface area contributed by atoms with Gasteiger partial charge in [-0.3, -0.25) is 9.48 Å². The standard InChI is InChI=1S/C13H22N2O3/c1-5-17-13(18-6-2)12(16)9-11-7-8-15(14-11)10(3)4/h7-8,10,13H,5-6,9H2,1-4H3. The van der Waals surface area contributed by atoms with Crippen LogP contribution in [-0.4, -0.2) is 35.1 Å². The van der Waals surface area contributed by atoms with E-state index in [1.165, 1.54) is 0 Å². The Hall–Kier alpha value is -1.20. The topological polar surface area (TPSA) is 53.4 Å². The van der Waals surface area contributed by atoms with E-state index < -0.39 is 6.29 Å². The summed E-state index contributed by atoms with van der Waals surface area (Å²) in [4.78, 5) is 12.0. The molecule has 0 saturated carbocycles. The minimum Gasteiger partial charge on any atom is -0.346 e. The van der Waals surface area contributed by atoms with Crippen LogP contribution >= 0.6 is 0 Å². The Labute approximate surface area is 108 Å². The zero-order valence-corrected chi connectivity index (χ0v) is 11.5. The predicted octanol–water partition coefficient (Wildman–Crippen LogP) is 1.97. The van der Waals surface area contributed by atoms with Crippen molar-refractivity contribution >= 4 is 5.78 Å². The average Bonchev–Trinajstić information content (AvgIpc) is 2.77. The van der Waals surface area contributed by atoms with E-state index in [9.17, 15) is 4.79 Å². The zero-order valence-electron chi connectivity index (χ0n) is 11.5. The second kappa shape index (κ2) is 7.28. The van der Waals surface area contributed by atoms with Crippen molar-refractivity contribution in [1.82, 2.24) is 9.78 Å². The van der Waals surface area contributed by atoms with Crippen molar-refractivity contribution in [2.75, 3.05) is 13.2 Å². The Morgan fingerprint density at radius 3 is 2.39 bits per heavy atom. The van der Waals surface area contributed by atoms with Gasteiger partial charge in [-0.05, 0) is 33.8 Å². The van der Waals surface area contributed by atoms with Crippen LogP contribution in [0.1, 0.15) is 39.4 Å². The molecule has 0 unspecified atom stereocenters. The lowest BCUT2D eigenvalue weighted by molar-refractivity contribution is -0.167. The molecule has 0 radical (unpaired) electrons. The van der Waals surface area contributed by atoms with Gasteiger partial charge in [0, 0.05) is 25.5 Å². The molecule has 1 rings (SSSR count). The van der Waals surface area contributed by atoms with Crippen molar-refractivity contribution in [2.24, 2.45) is 0 Å². The maximum atomic E-state index is 12.0. The zero-order chi connectivity index (χ0) is 13.5. The van der Waals surface area contributed by atoms with E-state index in [4.69, 9.17) is 9.47 Å². The molecule has 5 heteroatoms. The van der Waals surface area contributed by atoms with Crippen molar-refractivity contribution in [3.05, 3.63) is 18.0 Å². The minimum absolute atomic E-state index is 0.0901. The van der Waals surface area contributed by atoms with Gasteiger partial charge in [0.25, 0.3) is 0 Å². The van der Waals surface area contributed by atoms with E-state index in [1.807, 2.05) is 44.6 Å². The van der Waals surface area contributed by atoms with Gasteiger partial charge in [0.2, 0.25) is 6.29 Å². The smallest absolute Gasteiger partial charge is 0.218 e. The molecule has 0 spiro atoms. The third-order valence-electron chi connectivity index (χ3n) is 2.45. The predicted molar refractivity (Wildman–Crippen MR) is 68.4 cm³/mol.